The molecule has 0 bridgehead atoms. The molecule has 0 aliphatic rings. The van der Waals surface area contributed by atoms with E-state index in [4.69, 9.17) is 9.84 Å². The fourth-order valence-corrected chi connectivity index (χ4v) is 3.55. The summed E-state index contributed by atoms with van der Waals surface area (Å²) in [7, 11) is -0.534. The van der Waals surface area contributed by atoms with E-state index in [1.807, 2.05) is 19.0 Å². The first-order chi connectivity index (χ1) is 13.2. The minimum atomic E-state index is -4.17. The van der Waals surface area contributed by atoms with E-state index in [0.29, 0.717) is 12.1 Å². The lowest BCUT2D eigenvalue weighted by molar-refractivity contribution is -0.146. The van der Waals surface area contributed by atoms with Gasteiger partial charge < -0.3 is 14.7 Å². The summed E-state index contributed by atoms with van der Waals surface area (Å²) in [5, 5.41) is 9.07. The Morgan fingerprint density at radius 2 is 1.79 bits per heavy atom. The summed E-state index contributed by atoms with van der Waals surface area (Å²) in [6, 6.07) is 11.9. The zero-order chi connectivity index (χ0) is 20.7. The van der Waals surface area contributed by atoms with E-state index >= 15 is 0 Å². The van der Waals surface area contributed by atoms with Crippen molar-refractivity contribution >= 4 is 22.0 Å². The molecule has 0 aliphatic carbocycles. The minimum Gasteiger partial charge on any atom is -0.478 e. The summed E-state index contributed by atoms with van der Waals surface area (Å²) in [5.74, 6) is -1.99. The first kappa shape index (κ1) is 21.5. The fraction of sp³-hybridized carbons (Fsp3) is 0.263. The van der Waals surface area contributed by atoms with Crippen molar-refractivity contribution in [1.82, 2.24) is 9.62 Å². The third-order valence-corrected chi connectivity index (χ3v) is 5.24. The molecular formula is C19H22N2O6S. The summed E-state index contributed by atoms with van der Waals surface area (Å²) in [6.45, 7) is 0.589. The molecule has 1 atom stereocenters. The van der Waals surface area contributed by atoms with Gasteiger partial charge in [-0.1, -0.05) is 36.4 Å². The third-order valence-electron chi connectivity index (χ3n) is 3.82. The zero-order valence-electron chi connectivity index (χ0n) is 15.5. The van der Waals surface area contributed by atoms with Crippen LogP contribution in [0.25, 0.3) is 0 Å². The van der Waals surface area contributed by atoms with E-state index in [2.05, 4.69) is 4.72 Å². The first-order valence-corrected chi connectivity index (χ1v) is 9.91. The van der Waals surface area contributed by atoms with Gasteiger partial charge >= 0.3 is 11.9 Å². The topological polar surface area (TPSA) is 113 Å². The number of nitrogens with one attached hydrogen (secondary N) is 1. The fourth-order valence-electron chi connectivity index (χ4n) is 2.33. The third kappa shape index (κ3) is 5.88. The molecule has 0 saturated heterocycles. The van der Waals surface area contributed by atoms with E-state index in [9.17, 15) is 18.0 Å². The minimum absolute atomic E-state index is 0.103. The molecular weight excluding hydrogens is 384 g/mol. The molecule has 0 saturated carbocycles. The van der Waals surface area contributed by atoms with Crippen LogP contribution in [0.3, 0.4) is 0 Å². The van der Waals surface area contributed by atoms with Crippen LogP contribution in [0.2, 0.25) is 0 Å². The molecule has 0 aliphatic heterocycles. The summed E-state index contributed by atoms with van der Waals surface area (Å²) < 4.78 is 33.0. The second-order valence-corrected chi connectivity index (χ2v) is 7.98. The van der Waals surface area contributed by atoms with Crippen molar-refractivity contribution in [1.29, 1.82) is 0 Å². The van der Waals surface area contributed by atoms with E-state index in [-0.39, 0.29) is 17.1 Å². The maximum absolute atomic E-state index is 12.8. The summed E-state index contributed by atoms with van der Waals surface area (Å²) in [6.07, 6.45) is 0. The van der Waals surface area contributed by atoms with Gasteiger partial charge in [0.15, 0.2) is 0 Å². The highest BCUT2D eigenvalue weighted by molar-refractivity contribution is 7.89. The van der Waals surface area contributed by atoms with Crippen molar-refractivity contribution in [2.45, 2.75) is 10.9 Å². The Bertz CT molecular complexity index is 928. The van der Waals surface area contributed by atoms with E-state index < -0.39 is 28.0 Å². The molecule has 0 aromatic heterocycles. The number of ether oxygens (including phenoxy) is 1. The highest BCUT2D eigenvalue weighted by Gasteiger charge is 2.29. The van der Waals surface area contributed by atoms with Crippen molar-refractivity contribution in [3.63, 3.8) is 0 Å². The molecule has 2 rings (SSSR count). The van der Waals surface area contributed by atoms with Crippen LogP contribution in [0.1, 0.15) is 22.0 Å². The van der Waals surface area contributed by atoms with Crippen molar-refractivity contribution < 1.29 is 27.9 Å². The zero-order valence-corrected chi connectivity index (χ0v) is 16.3. The highest BCUT2D eigenvalue weighted by Crippen LogP contribution is 2.19. The van der Waals surface area contributed by atoms with Gasteiger partial charge in [-0.2, -0.15) is 4.72 Å². The number of benzene rings is 2. The average Bonchev–Trinajstić information content (AvgIpc) is 2.66. The standard InChI is InChI=1S/C19H22N2O6S/c1-21(2)11-12-27-19(24)17(14-7-4-3-5-8-14)20-28(25,26)16-10-6-9-15(13-16)18(22)23/h3-10,13,17,20H,11-12H2,1-2H3,(H,22,23). The van der Waals surface area contributed by atoms with Crippen LogP contribution in [0.15, 0.2) is 59.5 Å². The highest BCUT2D eigenvalue weighted by atomic mass is 32.2. The average molecular weight is 406 g/mol. The van der Waals surface area contributed by atoms with E-state index in [1.165, 1.54) is 18.2 Å². The number of nitrogens with zero attached hydrogens (tertiary/aromatic N) is 1. The van der Waals surface area contributed by atoms with Gasteiger partial charge in [0.25, 0.3) is 0 Å². The number of hydrogen-bond acceptors (Lipinski definition) is 6. The van der Waals surface area contributed by atoms with Crippen molar-refractivity contribution in [3.8, 4) is 0 Å². The molecule has 2 N–H and O–H groups in total. The van der Waals surface area contributed by atoms with Crippen LogP contribution < -0.4 is 4.72 Å². The molecule has 2 aromatic carbocycles. The van der Waals surface area contributed by atoms with Gasteiger partial charge in [-0.3, -0.25) is 0 Å². The normalized spacial score (nSPS) is 12.5. The number of carboxylic acids is 1. The molecule has 8 nitrogen and oxygen atoms in total. The smallest absolute Gasteiger partial charge is 0.335 e. The molecule has 1 unspecified atom stereocenters. The second-order valence-electron chi connectivity index (χ2n) is 6.27. The van der Waals surface area contributed by atoms with Gasteiger partial charge in [-0.15, -0.1) is 0 Å². The predicted molar refractivity (Wildman–Crippen MR) is 102 cm³/mol. The Balaban J connectivity index is 2.29. The number of carbonyl (C=O) groups excluding carboxylic acids is 1. The van der Waals surface area contributed by atoms with Crippen molar-refractivity contribution in [2.24, 2.45) is 0 Å². The number of carboxylic acid groups (broad SMARTS) is 1. The lowest BCUT2D eigenvalue weighted by Gasteiger charge is -2.19. The predicted octanol–water partition coefficient (Wildman–Crippen LogP) is 1.51. The van der Waals surface area contributed by atoms with E-state index in [1.54, 1.807) is 30.3 Å². The first-order valence-electron chi connectivity index (χ1n) is 8.42. The maximum atomic E-state index is 12.8. The van der Waals surface area contributed by atoms with Gasteiger partial charge in [0, 0.05) is 6.54 Å². The number of hydrogen-bond donors (Lipinski definition) is 2. The Morgan fingerprint density at radius 1 is 1.11 bits per heavy atom. The quantitative estimate of drug-likeness (QED) is 0.607. The molecule has 0 spiro atoms. The molecule has 28 heavy (non-hydrogen) atoms. The molecule has 2 aromatic rings. The van der Waals surface area contributed by atoms with Gasteiger partial charge in [-0.05, 0) is 37.9 Å². The molecule has 150 valence electrons. The van der Waals surface area contributed by atoms with Crippen LogP contribution in [-0.4, -0.2) is 57.6 Å². The Hall–Kier alpha value is -2.75. The Labute approximate surface area is 163 Å². The SMILES string of the molecule is CN(C)CCOC(=O)C(NS(=O)(=O)c1cccc(C(=O)O)c1)c1ccccc1. The Morgan fingerprint density at radius 3 is 2.39 bits per heavy atom. The van der Waals surface area contributed by atoms with Crippen molar-refractivity contribution in [2.75, 3.05) is 27.2 Å². The Kier molecular flexibility index (Phi) is 7.27. The van der Waals surface area contributed by atoms with Crippen LogP contribution in [0, 0.1) is 0 Å². The molecule has 0 heterocycles. The van der Waals surface area contributed by atoms with Crippen LogP contribution in [0.5, 0.6) is 0 Å². The summed E-state index contributed by atoms with van der Waals surface area (Å²) in [5.41, 5.74) is 0.239. The number of aromatic carboxylic acids is 1. The maximum Gasteiger partial charge on any atom is 0.335 e. The molecule has 0 fully saturated rings. The molecule has 9 heteroatoms. The van der Waals surface area contributed by atoms with Crippen LogP contribution >= 0.6 is 0 Å². The van der Waals surface area contributed by atoms with Gasteiger partial charge in [0.2, 0.25) is 10.0 Å². The summed E-state index contributed by atoms with van der Waals surface area (Å²) >= 11 is 0. The lowest BCUT2D eigenvalue weighted by Crippen LogP contribution is -2.36. The van der Waals surface area contributed by atoms with Crippen LogP contribution in [-0.2, 0) is 19.6 Å². The van der Waals surface area contributed by atoms with Gasteiger partial charge in [0.05, 0.1) is 10.5 Å². The number of sulfonamides is 1. The van der Waals surface area contributed by atoms with Crippen LogP contribution in [0.4, 0.5) is 0 Å². The number of rotatable bonds is 9. The largest absolute Gasteiger partial charge is 0.478 e. The number of likely N-dealkylation sites (N-methyl/N-ethyl adjacent to an activating group) is 1. The van der Waals surface area contributed by atoms with Crippen molar-refractivity contribution in [3.05, 3.63) is 65.7 Å². The lowest BCUT2D eigenvalue weighted by atomic mass is 10.1. The summed E-state index contributed by atoms with van der Waals surface area (Å²) in [4.78, 5) is 25.2. The monoisotopic (exact) mass is 406 g/mol. The number of esters is 1. The van der Waals surface area contributed by atoms with Gasteiger partial charge in [-0.25, -0.2) is 18.0 Å². The number of carbonyl (C=O) groups is 2. The second kappa shape index (κ2) is 9.45. The molecule has 0 radical (unpaired) electrons. The van der Waals surface area contributed by atoms with E-state index in [0.717, 1.165) is 6.07 Å². The molecule has 0 amide bonds. The van der Waals surface area contributed by atoms with Gasteiger partial charge in [0.1, 0.15) is 12.6 Å².